The zero-order chi connectivity index (χ0) is 29.1. The quantitative estimate of drug-likeness (QED) is 0.277. The molecule has 3 aromatic rings. The number of carbonyl (C=O) groups excluding carboxylic acids is 2. The molecule has 0 fully saturated rings. The van der Waals surface area contributed by atoms with Crippen molar-refractivity contribution in [3.8, 4) is 5.75 Å². The number of anilines is 1. The van der Waals surface area contributed by atoms with Crippen molar-refractivity contribution in [3.63, 3.8) is 0 Å². The molecule has 0 saturated carbocycles. The average Bonchev–Trinajstić information content (AvgIpc) is 2.93. The normalized spacial score (nSPS) is 11.9. The largest absolute Gasteiger partial charge is 0.497 e. The molecule has 0 spiro atoms. The average molecular weight is 586 g/mol. The fourth-order valence-electron chi connectivity index (χ4n) is 4.27. The van der Waals surface area contributed by atoms with Gasteiger partial charge in [-0.05, 0) is 47.9 Å². The molecule has 1 unspecified atom stereocenters. The van der Waals surface area contributed by atoms with Crippen LogP contribution in [0.4, 0.5) is 5.69 Å². The van der Waals surface area contributed by atoms with Gasteiger partial charge in [0.2, 0.25) is 21.8 Å². The van der Waals surface area contributed by atoms with Crippen LogP contribution < -0.4 is 14.4 Å². The summed E-state index contributed by atoms with van der Waals surface area (Å²) < 4.78 is 32.0. The Labute approximate surface area is 241 Å². The van der Waals surface area contributed by atoms with E-state index in [1.54, 1.807) is 43.5 Å². The van der Waals surface area contributed by atoms with E-state index in [0.717, 1.165) is 34.5 Å². The minimum absolute atomic E-state index is 0.0713. The van der Waals surface area contributed by atoms with Gasteiger partial charge in [0.25, 0.3) is 0 Å². The minimum Gasteiger partial charge on any atom is -0.497 e. The molecular formula is C30H36ClN3O5S. The Hall–Kier alpha value is -3.56. The number of hydrogen-bond donors (Lipinski definition) is 1. The standard InChI is InChI=1S/C30H36ClN3O5S/c1-4-5-17-32-30(36)28(19-23-11-7-6-8-12-23)33(21-24-13-9-16-27(18-24)39-2)29(35)22-34(40(3,37)38)26-15-10-14-25(31)20-26/h6-16,18,20,28H,4-5,17,19,21-22H2,1-3H3,(H,32,36). The van der Waals surface area contributed by atoms with Gasteiger partial charge in [-0.1, -0.05) is 73.5 Å². The van der Waals surface area contributed by atoms with Crippen molar-refractivity contribution in [1.82, 2.24) is 10.2 Å². The highest BCUT2D eigenvalue weighted by atomic mass is 35.5. The molecule has 0 heterocycles. The fourth-order valence-corrected chi connectivity index (χ4v) is 5.30. The molecule has 8 nitrogen and oxygen atoms in total. The number of sulfonamides is 1. The first-order valence-electron chi connectivity index (χ1n) is 13.1. The van der Waals surface area contributed by atoms with Crippen LogP contribution in [0.5, 0.6) is 5.75 Å². The predicted octanol–water partition coefficient (Wildman–Crippen LogP) is 4.67. The molecule has 0 aliphatic carbocycles. The molecule has 3 rings (SSSR count). The number of carbonyl (C=O) groups is 2. The van der Waals surface area contributed by atoms with E-state index in [0.29, 0.717) is 17.3 Å². The van der Waals surface area contributed by atoms with Gasteiger partial charge < -0.3 is 15.0 Å². The lowest BCUT2D eigenvalue weighted by atomic mass is 10.0. The van der Waals surface area contributed by atoms with E-state index in [4.69, 9.17) is 16.3 Å². The van der Waals surface area contributed by atoms with Gasteiger partial charge in [-0.25, -0.2) is 8.42 Å². The minimum atomic E-state index is -3.86. The van der Waals surface area contributed by atoms with E-state index in [1.165, 1.54) is 11.0 Å². The summed E-state index contributed by atoms with van der Waals surface area (Å²) in [6.07, 6.45) is 2.99. The van der Waals surface area contributed by atoms with Crippen LogP contribution >= 0.6 is 11.6 Å². The van der Waals surface area contributed by atoms with Crippen LogP contribution in [0.15, 0.2) is 78.9 Å². The van der Waals surface area contributed by atoms with Gasteiger partial charge in [0.05, 0.1) is 19.1 Å². The zero-order valence-electron chi connectivity index (χ0n) is 23.0. The number of benzene rings is 3. The Kier molecular flexibility index (Phi) is 11.4. The number of methoxy groups -OCH3 is 1. The lowest BCUT2D eigenvalue weighted by Crippen LogP contribution is -2.53. The smallest absolute Gasteiger partial charge is 0.244 e. The number of hydrogen-bond acceptors (Lipinski definition) is 5. The van der Waals surface area contributed by atoms with Gasteiger partial charge in [0, 0.05) is 24.5 Å². The van der Waals surface area contributed by atoms with Crippen molar-refractivity contribution < 1.29 is 22.7 Å². The van der Waals surface area contributed by atoms with Gasteiger partial charge in [-0.2, -0.15) is 0 Å². The van der Waals surface area contributed by atoms with E-state index >= 15 is 0 Å². The Morgan fingerprint density at radius 1 is 0.975 bits per heavy atom. The summed E-state index contributed by atoms with van der Waals surface area (Å²) >= 11 is 6.14. The maximum absolute atomic E-state index is 14.1. The second-order valence-electron chi connectivity index (χ2n) is 9.47. The second-order valence-corrected chi connectivity index (χ2v) is 11.8. The van der Waals surface area contributed by atoms with E-state index in [2.05, 4.69) is 5.32 Å². The first kappa shape index (κ1) is 31.0. The fraction of sp³-hybridized carbons (Fsp3) is 0.333. The number of amides is 2. The molecular weight excluding hydrogens is 550 g/mol. The van der Waals surface area contributed by atoms with Crippen molar-refractivity contribution in [2.45, 2.75) is 38.8 Å². The van der Waals surface area contributed by atoms with Crippen LogP contribution in [0.25, 0.3) is 0 Å². The highest BCUT2D eigenvalue weighted by molar-refractivity contribution is 7.92. The summed E-state index contributed by atoms with van der Waals surface area (Å²) in [6, 6.07) is 22.1. The van der Waals surface area contributed by atoms with Crippen molar-refractivity contribution >= 4 is 39.1 Å². The number of nitrogens with one attached hydrogen (secondary N) is 1. The molecule has 1 atom stereocenters. The highest BCUT2D eigenvalue weighted by Gasteiger charge is 2.33. The van der Waals surface area contributed by atoms with Crippen LogP contribution in [0.2, 0.25) is 5.02 Å². The first-order valence-corrected chi connectivity index (χ1v) is 15.3. The monoisotopic (exact) mass is 585 g/mol. The Morgan fingerprint density at radius 3 is 2.33 bits per heavy atom. The Bertz CT molecular complexity index is 1380. The number of rotatable bonds is 14. The van der Waals surface area contributed by atoms with Gasteiger partial charge in [-0.3, -0.25) is 13.9 Å². The number of nitrogens with zero attached hydrogens (tertiary/aromatic N) is 2. The third-order valence-electron chi connectivity index (χ3n) is 6.36. The van der Waals surface area contributed by atoms with E-state index in [1.807, 2.05) is 43.3 Å². The van der Waals surface area contributed by atoms with E-state index < -0.39 is 28.5 Å². The molecule has 0 aliphatic rings. The van der Waals surface area contributed by atoms with Crippen LogP contribution in [-0.4, -0.2) is 57.6 Å². The first-order chi connectivity index (χ1) is 19.1. The molecule has 0 saturated heterocycles. The van der Waals surface area contributed by atoms with Crippen molar-refractivity contribution in [1.29, 1.82) is 0 Å². The summed E-state index contributed by atoms with van der Waals surface area (Å²) in [5.74, 6) is -0.226. The maximum Gasteiger partial charge on any atom is 0.244 e. The lowest BCUT2D eigenvalue weighted by Gasteiger charge is -2.33. The molecule has 214 valence electrons. The summed E-state index contributed by atoms with van der Waals surface area (Å²) in [5, 5.41) is 3.30. The number of halogens is 1. The summed E-state index contributed by atoms with van der Waals surface area (Å²) in [7, 11) is -2.31. The topological polar surface area (TPSA) is 96.0 Å². The third kappa shape index (κ3) is 8.99. The molecule has 1 N–H and O–H groups in total. The molecule has 40 heavy (non-hydrogen) atoms. The van der Waals surface area contributed by atoms with Gasteiger partial charge >= 0.3 is 0 Å². The van der Waals surface area contributed by atoms with Gasteiger partial charge in [-0.15, -0.1) is 0 Å². The third-order valence-corrected chi connectivity index (χ3v) is 7.74. The Balaban J connectivity index is 2.04. The van der Waals surface area contributed by atoms with Crippen LogP contribution in [0, 0.1) is 0 Å². The molecule has 0 aliphatic heterocycles. The van der Waals surface area contributed by atoms with E-state index in [-0.39, 0.29) is 24.6 Å². The maximum atomic E-state index is 14.1. The second kappa shape index (κ2) is 14.7. The van der Waals surface area contributed by atoms with Crippen LogP contribution in [-0.2, 0) is 32.6 Å². The summed E-state index contributed by atoms with van der Waals surface area (Å²) in [5.41, 5.74) is 1.87. The van der Waals surface area contributed by atoms with Gasteiger partial charge in [0.1, 0.15) is 18.3 Å². The zero-order valence-corrected chi connectivity index (χ0v) is 24.6. The molecule has 2 amide bonds. The molecule has 0 bridgehead atoms. The molecule has 0 aromatic heterocycles. The van der Waals surface area contributed by atoms with Crippen molar-refractivity contribution in [3.05, 3.63) is 95.0 Å². The number of ether oxygens (including phenoxy) is 1. The van der Waals surface area contributed by atoms with Crippen molar-refractivity contribution in [2.24, 2.45) is 0 Å². The molecule has 0 radical (unpaired) electrons. The van der Waals surface area contributed by atoms with Gasteiger partial charge in [0.15, 0.2) is 0 Å². The number of unbranched alkanes of at least 4 members (excludes halogenated alkanes) is 1. The highest BCUT2D eigenvalue weighted by Crippen LogP contribution is 2.24. The molecule has 3 aromatic carbocycles. The van der Waals surface area contributed by atoms with Crippen LogP contribution in [0.1, 0.15) is 30.9 Å². The predicted molar refractivity (Wildman–Crippen MR) is 159 cm³/mol. The summed E-state index contributed by atoms with van der Waals surface area (Å²) in [4.78, 5) is 29.1. The van der Waals surface area contributed by atoms with Crippen molar-refractivity contribution in [2.75, 3.05) is 30.8 Å². The lowest BCUT2D eigenvalue weighted by molar-refractivity contribution is -0.140. The SMILES string of the molecule is CCCCNC(=O)C(Cc1ccccc1)N(Cc1cccc(OC)c1)C(=O)CN(c1cccc(Cl)c1)S(C)(=O)=O. The molecule has 10 heteroatoms. The van der Waals surface area contributed by atoms with E-state index in [9.17, 15) is 18.0 Å². The van der Waals surface area contributed by atoms with Crippen LogP contribution in [0.3, 0.4) is 0 Å². The Morgan fingerprint density at radius 2 is 1.68 bits per heavy atom. The summed E-state index contributed by atoms with van der Waals surface area (Å²) in [6.45, 7) is 2.07.